The van der Waals surface area contributed by atoms with Crippen LogP contribution in [0.5, 0.6) is 5.75 Å². The number of hydroxylamine groups is 2. The lowest BCUT2D eigenvalue weighted by atomic mass is 9.98. The number of nitrogens with zero attached hydrogens (tertiary/aromatic N) is 3. The molecule has 1 aliphatic heterocycles. The van der Waals surface area contributed by atoms with E-state index in [1.165, 1.54) is 4.90 Å². The number of likely N-dealkylation sites (N-methyl/N-ethyl adjacent to an activating group) is 2. The van der Waals surface area contributed by atoms with Crippen LogP contribution in [0.15, 0.2) is 24.3 Å². The molecule has 16 nitrogen and oxygen atoms in total. The van der Waals surface area contributed by atoms with Crippen molar-refractivity contribution in [1.29, 1.82) is 0 Å². The number of carbonyl (C=O) groups is 7. The molecule has 0 bridgehead atoms. The summed E-state index contributed by atoms with van der Waals surface area (Å²) in [4.78, 5) is 94.4. The molecule has 1 saturated heterocycles. The van der Waals surface area contributed by atoms with Gasteiger partial charge in [0.1, 0.15) is 12.4 Å². The van der Waals surface area contributed by atoms with Crippen LogP contribution < -0.4 is 15.4 Å². The lowest BCUT2D eigenvalue weighted by Crippen LogP contribution is -2.36. The van der Waals surface area contributed by atoms with Crippen molar-refractivity contribution in [2.24, 2.45) is 5.92 Å². The number of nitrogens with one attached hydrogen (secondary N) is 2. The molecule has 2 rings (SSSR count). The number of hydrogen-bond donors (Lipinski definition) is 3. The van der Waals surface area contributed by atoms with Crippen LogP contribution in [0.4, 0.5) is 4.79 Å². The average Bonchev–Trinajstić information content (AvgIpc) is 3.43. The highest BCUT2D eigenvalue weighted by molar-refractivity contribution is 7.80. The van der Waals surface area contributed by atoms with Crippen LogP contribution in [-0.2, 0) is 49.7 Å². The maximum absolute atomic E-state index is 13.1. The number of esters is 1. The van der Waals surface area contributed by atoms with Crippen LogP contribution in [0.1, 0.15) is 71.1 Å². The first-order valence-electron chi connectivity index (χ1n) is 17.9. The second-order valence-electron chi connectivity index (χ2n) is 12.4. The van der Waals surface area contributed by atoms with Gasteiger partial charge in [0, 0.05) is 66.2 Å². The standard InChI is InChI=1S/C35H53N5O11S/c1-38(2)19-20-39(3)35(47)50-28-12-9-26(10-13-28)25-49-33(45)24-27(11-16-32(44)51-40-30(42)14-15-31(40)43)34(46)37-18-22-48-21-17-36-29(41)8-6-4-5-7-23-52/h9-10,12-13,27,52H,4-8,11,14-25H2,1-3H3,(H,36,41)(H,37,46)/i23T. The van der Waals surface area contributed by atoms with Gasteiger partial charge in [-0.25, -0.2) is 9.59 Å². The van der Waals surface area contributed by atoms with Crippen molar-refractivity contribution >= 4 is 54.3 Å². The van der Waals surface area contributed by atoms with Gasteiger partial charge in [0.2, 0.25) is 11.8 Å². The minimum atomic E-state index is -1.01. The summed E-state index contributed by atoms with van der Waals surface area (Å²) < 4.78 is 23.6. The number of rotatable bonds is 25. The number of hydrogen-bond acceptors (Lipinski definition) is 13. The molecule has 0 radical (unpaired) electrons. The third-order valence-corrected chi connectivity index (χ3v) is 8.01. The van der Waals surface area contributed by atoms with Gasteiger partial charge in [0.25, 0.3) is 11.8 Å². The molecule has 1 heterocycles. The summed E-state index contributed by atoms with van der Waals surface area (Å²) in [6.45, 7) is 1.75. The van der Waals surface area contributed by atoms with Gasteiger partial charge in [-0.1, -0.05) is 25.0 Å². The Kier molecular flexibility index (Phi) is 20.2. The second kappa shape index (κ2) is 24.9. The summed E-state index contributed by atoms with van der Waals surface area (Å²) in [6, 6.07) is 6.39. The van der Waals surface area contributed by atoms with Gasteiger partial charge in [0.05, 0.1) is 19.6 Å². The molecule has 52 heavy (non-hydrogen) atoms. The van der Waals surface area contributed by atoms with Gasteiger partial charge in [-0.3, -0.25) is 24.0 Å². The summed E-state index contributed by atoms with van der Waals surface area (Å²) in [5, 5.41) is 5.84. The lowest BCUT2D eigenvalue weighted by Gasteiger charge is -2.19. The number of ether oxygens (including phenoxy) is 3. The number of amides is 5. The van der Waals surface area contributed by atoms with E-state index in [1.807, 2.05) is 19.0 Å². The summed E-state index contributed by atoms with van der Waals surface area (Å²) in [5.41, 5.74) is 0.204. The topological polar surface area (TPSA) is 190 Å². The second-order valence-corrected chi connectivity index (χ2v) is 12.8. The Bertz CT molecular complexity index is 1350. The van der Waals surface area contributed by atoms with Gasteiger partial charge in [0.15, 0.2) is 0 Å². The monoisotopic (exact) mass is 753 g/mol. The predicted octanol–water partition coefficient (Wildman–Crippen LogP) is 2.25. The van der Waals surface area contributed by atoms with E-state index >= 15 is 0 Å². The van der Waals surface area contributed by atoms with Gasteiger partial charge < -0.3 is 39.5 Å². The maximum Gasteiger partial charge on any atom is 0.415 e. The Labute approximate surface area is 311 Å². The normalized spacial score (nSPS) is 14.0. The zero-order valence-corrected chi connectivity index (χ0v) is 31.2. The molecule has 0 aromatic heterocycles. The zero-order valence-electron chi connectivity index (χ0n) is 31.3. The third-order valence-electron chi connectivity index (χ3n) is 7.75. The molecule has 0 saturated carbocycles. The van der Waals surface area contributed by atoms with Crippen LogP contribution >= 0.6 is 12.6 Å². The number of benzene rings is 1. The van der Waals surface area contributed by atoms with E-state index in [1.54, 1.807) is 31.3 Å². The highest BCUT2D eigenvalue weighted by Gasteiger charge is 2.33. The molecule has 2 unspecified atom stereocenters. The third kappa shape index (κ3) is 18.3. The predicted molar refractivity (Wildman–Crippen MR) is 192 cm³/mol. The first-order valence-corrected chi connectivity index (χ1v) is 17.9. The smallest absolute Gasteiger partial charge is 0.415 e. The number of imide groups is 1. The van der Waals surface area contributed by atoms with Crippen molar-refractivity contribution in [3.63, 3.8) is 0 Å². The quantitative estimate of drug-likeness (QED) is 0.0573. The molecule has 1 aromatic rings. The van der Waals surface area contributed by atoms with E-state index in [0.717, 1.165) is 19.3 Å². The average molecular weight is 754 g/mol. The molecular formula is C35H53N5O11S. The van der Waals surface area contributed by atoms with E-state index < -0.39 is 47.4 Å². The highest BCUT2D eigenvalue weighted by atomic mass is 32.1. The van der Waals surface area contributed by atoms with Crippen LogP contribution in [0.25, 0.3) is 0 Å². The maximum atomic E-state index is 13.1. The first kappa shape index (κ1) is 42.2. The fraction of sp³-hybridized carbons (Fsp3) is 0.629. The fourth-order valence-corrected chi connectivity index (χ4v) is 4.85. The molecule has 2 N–H and O–H groups in total. The Hall–Kier alpha value is -4.22. The largest absolute Gasteiger partial charge is 0.461 e. The summed E-state index contributed by atoms with van der Waals surface area (Å²) in [6.07, 6.45) is 1.97. The molecule has 5 amide bonds. The van der Waals surface area contributed by atoms with E-state index in [-0.39, 0.29) is 64.4 Å². The van der Waals surface area contributed by atoms with Gasteiger partial charge in [-0.2, -0.15) is 12.6 Å². The Morgan fingerprint density at radius 3 is 2.19 bits per heavy atom. The van der Waals surface area contributed by atoms with Crippen LogP contribution in [0.3, 0.4) is 0 Å². The van der Waals surface area contributed by atoms with Crippen LogP contribution in [-0.4, -0.2) is 123 Å². The van der Waals surface area contributed by atoms with E-state index in [9.17, 15) is 33.6 Å². The van der Waals surface area contributed by atoms with Crippen molar-refractivity contribution in [3.05, 3.63) is 29.8 Å². The van der Waals surface area contributed by atoms with E-state index in [0.29, 0.717) is 48.9 Å². The van der Waals surface area contributed by atoms with Crippen molar-refractivity contribution in [2.45, 2.75) is 70.8 Å². The van der Waals surface area contributed by atoms with Crippen molar-refractivity contribution in [1.82, 2.24) is 25.5 Å². The molecule has 0 spiro atoms. The zero-order chi connectivity index (χ0) is 39.2. The molecule has 1 aliphatic rings. The molecule has 1 fully saturated rings. The molecule has 0 aliphatic carbocycles. The Morgan fingerprint density at radius 1 is 0.885 bits per heavy atom. The number of thiol groups is 1. The lowest BCUT2D eigenvalue weighted by molar-refractivity contribution is -0.197. The Balaban J connectivity index is 1.81. The van der Waals surface area contributed by atoms with Gasteiger partial charge in [-0.05, 0) is 56.8 Å². The summed E-state index contributed by atoms with van der Waals surface area (Å²) in [7, 11) is 5.43. The summed E-state index contributed by atoms with van der Waals surface area (Å²) >= 11 is 4.02. The molecule has 1 aromatic carbocycles. The molecular weight excluding hydrogens is 698 g/mol. The van der Waals surface area contributed by atoms with Crippen LogP contribution in [0, 0.1) is 5.92 Å². The Morgan fingerprint density at radius 2 is 1.54 bits per heavy atom. The number of carbonyl (C=O) groups excluding carboxylic acids is 7. The highest BCUT2D eigenvalue weighted by Crippen LogP contribution is 2.18. The van der Waals surface area contributed by atoms with Crippen molar-refractivity contribution in [3.8, 4) is 5.75 Å². The van der Waals surface area contributed by atoms with Crippen molar-refractivity contribution in [2.75, 3.05) is 66.3 Å². The summed E-state index contributed by atoms with van der Waals surface area (Å²) in [5.74, 6) is -4.23. The minimum absolute atomic E-state index is 0.0646. The SMILES string of the molecule is [3H]C(S)CCCCCC(=O)NCCOCCNC(=O)C(CCC(=O)ON1C(=O)CCC1=O)CC(=O)OCc1ccc(OC(=O)N(C)CCN(C)C)cc1. The first-order chi connectivity index (χ1) is 25.2. The van der Waals surface area contributed by atoms with E-state index in [4.69, 9.17) is 20.4 Å². The number of unbranched alkanes of at least 4 members (excludes halogenated alkanes) is 2. The minimum Gasteiger partial charge on any atom is -0.461 e. The molecule has 2 atom stereocenters. The van der Waals surface area contributed by atoms with Gasteiger partial charge in [-0.15, -0.1) is 5.06 Å². The molecule has 17 heteroatoms. The molecule has 290 valence electrons. The fourth-order valence-electron chi connectivity index (χ4n) is 4.66. The van der Waals surface area contributed by atoms with Crippen molar-refractivity contribution < 1.29 is 54.0 Å². The van der Waals surface area contributed by atoms with Crippen LogP contribution in [0.2, 0.25) is 0 Å². The van der Waals surface area contributed by atoms with Gasteiger partial charge >= 0.3 is 18.0 Å². The van der Waals surface area contributed by atoms with E-state index in [2.05, 4.69) is 23.3 Å².